The van der Waals surface area contributed by atoms with Crippen molar-refractivity contribution in [3.05, 3.63) is 73.1 Å². The van der Waals surface area contributed by atoms with Crippen LogP contribution in [0, 0.1) is 13.8 Å². The highest BCUT2D eigenvalue weighted by Gasteiger charge is 2.22. The van der Waals surface area contributed by atoms with Crippen LogP contribution in [0.5, 0.6) is 0 Å². The second kappa shape index (κ2) is 7.60. The third-order valence-electron chi connectivity index (χ3n) is 5.09. The topological polar surface area (TPSA) is 79.6 Å². The molecule has 0 fully saturated rings. The van der Waals surface area contributed by atoms with Crippen LogP contribution in [0.25, 0.3) is 17.1 Å². The standard InChI is InChI=1S/C21H23ClN6O2/c1-5-9-26-17-18(23-20(26)28-14(3)10-13(2)24-28)25(4)21(30)27(19(17)29)12-15-7-6-8-16(22)11-15/h6-8,10-11H,5,9,12H2,1-4H3. The number of imidazole rings is 1. The van der Waals surface area contributed by atoms with E-state index in [2.05, 4.69) is 10.1 Å². The number of nitrogens with zero attached hydrogens (tertiary/aromatic N) is 6. The summed E-state index contributed by atoms with van der Waals surface area (Å²) in [6, 6.07) is 9.10. The molecule has 0 aliphatic rings. The quantitative estimate of drug-likeness (QED) is 0.491. The van der Waals surface area contributed by atoms with Crippen LogP contribution in [0.4, 0.5) is 0 Å². The highest BCUT2D eigenvalue weighted by atomic mass is 35.5. The number of benzene rings is 1. The van der Waals surface area contributed by atoms with Gasteiger partial charge in [0.2, 0.25) is 5.95 Å². The van der Waals surface area contributed by atoms with Crippen LogP contribution in [0.1, 0.15) is 30.3 Å². The lowest BCUT2D eigenvalue weighted by molar-refractivity contribution is 0.630. The number of hydrogen-bond acceptors (Lipinski definition) is 4. The zero-order valence-corrected chi connectivity index (χ0v) is 18.1. The highest BCUT2D eigenvalue weighted by Crippen LogP contribution is 2.18. The predicted molar refractivity (Wildman–Crippen MR) is 117 cm³/mol. The lowest BCUT2D eigenvalue weighted by Gasteiger charge is -2.11. The molecule has 30 heavy (non-hydrogen) atoms. The fourth-order valence-corrected chi connectivity index (χ4v) is 3.96. The number of hydrogen-bond donors (Lipinski definition) is 0. The maximum absolute atomic E-state index is 13.4. The van der Waals surface area contributed by atoms with Gasteiger partial charge in [0.05, 0.1) is 12.2 Å². The largest absolute Gasteiger partial charge is 0.332 e. The Kier molecular flexibility index (Phi) is 5.11. The summed E-state index contributed by atoms with van der Waals surface area (Å²) in [7, 11) is 1.63. The zero-order valence-electron chi connectivity index (χ0n) is 17.4. The number of aromatic nitrogens is 6. The molecular weight excluding hydrogens is 404 g/mol. The molecule has 3 heterocycles. The molecule has 9 heteroatoms. The summed E-state index contributed by atoms with van der Waals surface area (Å²) in [6.45, 7) is 6.59. The second-order valence-corrected chi connectivity index (χ2v) is 7.87. The lowest BCUT2D eigenvalue weighted by atomic mass is 10.2. The molecule has 1 aromatic carbocycles. The summed E-state index contributed by atoms with van der Waals surface area (Å²) < 4.78 is 6.22. The van der Waals surface area contributed by atoms with E-state index in [0.29, 0.717) is 28.7 Å². The first-order chi connectivity index (χ1) is 14.3. The van der Waals surface area contributed by atoms with E-state index in [1.165, 1.54) is 9.13 Å². The molecule has 0 aliphatic heterocycles. The third-order valence-corrected chi connectivity index (χ3v) is 5.32. The van der Waals surface area contributed by atoms with E-state index in [0.717, 1.165) is 23.4 Å². The Morgan fingerprint density at radius 1 is 1.10 bits per heavy atom. The van der Waals surface area contributed by atoms with Crippen molar-refractivity contribution in [1.82, 2.24) is 28.5 Å². The van der Waals surface area contributed by atoms with Crippen molar-refractivity contribution in [2.75, 3.05) is 0 Å². The Balaban J connectivity index is 2.01. The molecule has 4 aromatic rings. The van der Waals surface area contributed by atoms with Crippen LogP contribution in [-0.4, -0.2) is 28.5 Å². The first-order valence-electron chi connectivity index (χ1n) is 9.80. The van der Waals surface area contributed by atoms with Crippen LogP contribution >= 0.6 is 11.6 Å². The Morgan fingerprint density at radius 3 is 2.50 bits per heavy atom. The van der Waals surface area contributed by atoms with Gasteiger partial charge in [-0.25, -0.2) is 9.48 Å². The molecular formula is C21H23ClN6O2. The van der Waals surface area contributed by atoms with Gasteiger partial charge >= 0.3 is 5.69 Å². The first-order valence-corrected chi connectivity index (χ1v) is 10.2. The van der Waals surface area contributed by atoms with Crippen molar-refractivity contribution in [3.63, 3.8) is 0 Å². The van der Waals surface area contributed by atoms with E-state index in [4.69, 9.17) is 11.6 Å². The second-order valence-electron chi connectivity index (χ2n) is 7.44. The van der Waals surface area contributed by atoms with Crippen molar-refractivity contribution >= 4 is 22.8 Å². The molecule has 156 valence electrons. The number of aryl methyl sites for hydroxylation is 4. The van der Waals surface area contributed by atoms with Gasteiger partial charge in [0.1, 0.15) is 0 Å². The molecule has 0 amide bonds. The van der Waals surface area contributed by atoms with Crippen molar-refractivity contribution in [2.45, 2.75) is 40.3 Å². The van der Waals surface area contributed by atoms with Gasteiger partial charge in [0.15, 0.2) is 11.2 Å². The van der Waals surface area contributed by atoms with E-state index >= 15 is 0 Å². The molecule has 0 atom stereocenters. The van der Waals surface area contributed by atoms with E-state index in [9.17, 15) is 9.59 Å². The minimum atomic E-state index is -0.423. The van der Waals surface area contributed by atoms with Crippen LogP contribution in [-0.2, 0) is 20.1 Å². The average Bonchev–Trinajstić information content (AvgIpc) is 3.23. The Morgan fingerprint density at radius 2 is 1.87 bits per heavy atom. The normalized spacial score (nSPS) is 11.5. The van der Waals surface area contributed by atoms with Crippen molar-refractivity contribution in [3.8, 4) is 5.95 Å². The summed E-state index contributed by atoms with van der Waals surface area (Å²) in [5.74, 6) is 0.532. The van der Waals surface area contributed by atoms with E-state index in [1.807, 2.05) is 37.5 Å². The van der Waals surface area contributed by atoms with Gasteiger partial charge in [-0.1, -0.05) is 30.7 Å². The van der Waals surface area contributed by atoms with Gasteiger partial charge in [-0.3, -0.25) is 13.9 Å². The predicted octanol–water partition coefficient (Wildman–Crippen LogP) is 2.81. The molecule has 0 bridgehead atoms. The van der Waals surface area contributed by atoms with Gasteiger partial charge in [-0.2, -0.15) is 10.1 Å². The molecule has 0 unspecified atom stereocenters. The third kappa shape index (κ3) is 3.27. The summed E-state index contributed by atoms with van der Waals surface area (Å²) in [5, 5.41) is 5.08. The fourth-order valence-electron chi connectivity index (χ4n) is 3.75. The summed E-state index contributed by atoms with van der Waals surface area (Å²) in [6.07, 6.45) is 0.800. The van der Waals surface area contributed by atoms with E-state index in [1.54, 1.807) is 29.9 Å². The zero-order chi connectivity index (χ0) is 21.6. The lowest BCUT2D eigenvalue weighted by Crippen LogP contribution is -2.40. The smallest absolute Gasteiger partial charge is 0.302 e. The Bertz CT molecular complexity index is 1370. The van der Waals surface area contributed by atoms with Crippen LogP contribution in [0.15, 0.2) is 39.9 Å². The molecule has 8 nitrogen and oxygen atoms in total. The Hall–Kier alpha value is -3.13. The minimum absolute atomic E-state index is 0.133. The van der Waals surface area contributed by atoms with Gasteiger partial charge in [0, 0.05) is 24.3 Å². The summed E-state index contributed by atoms with van der Waals surface area (Å²) in [4.78, 5) is 31.1. The number of rotatable bonds is 5. The summed E-state index contributed by atoms with van der Waals surface area (Å²) >= 11 is 6.08. The minimum Gasteiger partial charge on any atom is -0.302 e. The summed E-state index contributed by atoms with van der Waals surface area (Å²) in [5.41, 5.74) is 2.49. The highest BCUT2D eigenvalue weighted by molar-refractivity contribution is 6.30. The molecule has 0 N–H and O–H groups in total. The monoisotopic (exact) mass is 426 g/mol. The fraction of sp³-hybridized carbons (Fsp3) is 0.333. The van der Waals surface area contributed by atoms with Crippen molar-refractivity contribution in [1.29, 1.82) is 0 Å². The Labute approximate surface area is 178 Å². The van der Waals surface area contributed by atoms with E-state index < -0.39 is 5.69 Å². The van der Waals surface area contributed by atoms with Crippen LogP contribution < -0.4 is 11.2 Å². The van der Waals surface area contributed by atoms with Gasteiger partial charge in [-0.15, -0.1) is 0 Å². The number of fused-ring (bicyclic) bond motifs is 1. The first kappa shape index (κ1) is 20.2. The maximum Gasteiger partial charge on any atom is 0.332 e. The van der Waals surface area contributed by atoms with Crippen molar-refractivity contribution in [2.24, 2.45) is 7.05 Å². The molecule has 4 rings (SSSR count). The maximum atomic E-state index is 13.4. The molecule has 0 radical (unpaired) electrons. The molecule has 0 saturated carbocycles. The van der Waals surface area contributed by atoms with Gasteiger partial charge in [0.25, 0.3) is 5.56 Å². The molecule has 3 aromatic heterocycles. The average molecular weight is 427 g/mol. The van der Waals surface area contributed by atoms with Crippen molar-refractivity contribution < 1.29 is 0 Å². The number of halogens is 1. The molecule has 0 aliphatic carbocycles. The van der Waals surface area contributed by atoms with Gasteiger partial charge < -0.3 is 4.57 Å². The van der Waals surface area contributed by atoms with Gasteiger partial charge in [-0.05, 0) is 44.0 Å². The SMILES string of the molecule is CCCn1c(-n2nc(C)cc2C)nc2c1c(=O)n(Cc1cccc(Cl)c1)c(=O)n2C. The molecule has 0 spiro atoms. The van der Waals surface area contributed by atoms with Crippen LogP contribution in [0.3, 0.4) is 0 Å². The van der Waals surface area contributed by atoms with Crippen LogP contribution in [0.2, 0.25) is 5.02 Å². The van der Waals surface area contributed by atoms with E-state index in [-0.39, 0.29) is 12.1 Å². The molecule has 0 saturated heterocycles.